The van der Waals surface area contributed by atoms with Gasteiger partial charge >= 0.3 is 0 Å². The lowest BCUT2D eigenvalue weighted by atomic mass is 9.67. The molecule has 3 unspecified atom stereocenters. The van der Waals surface area contributed by atoms with Crippen molar-refractivity contribution in [3.63, 3.8) is 0 Å². The van der Waals surface area contributed by atoms with Crippen LogP contribution in [0.2, 0.25) is 0 Å². The van der Waals surface area contributed by atoms with Crippen LogP contribution in [0.3, 0.4) is 0 Å². The standard InChI is InChI=1S/C63H72O9/c1-40-7-20-47(21-8-40)64-37-61-58(67-50-26-13-43(4)14-27-50)34-55(70-61)46-19-32-53(56-35-59(68-51-28-15-44(5)16-29-51)62(71-56)38-65-48-22-9-41(2)10-23-48)54(33-46)57-36-60(69-52-30-17-45(6)18-31-52)63(72-57)39-66-49-24-11-42(3)12-25-49/h7-18,20-31,46,53-63H,19,32-39H2,1-6H3/t46?,53?,54?,55-,56-,57-,58-,59-,60-,61+,62+,63+/m0/s1. The van der Waals surface area contributed by atoms with Gasteiger partial charge in [-0.05, 0) is 151 Å². The van der Waals surface area contributed by atoms with E-state index in [1.807, 2.05) is 36.4 Å². The van der Waals surface area contributed by atoms with Gasteiger partial charge in [-0.2, -0.15) is 0 Å². The van der Waals surface area contributed by atoms with Crippen molar-refractivity contribution in [3.8, 4) is 34.5 Å². The van der Waals surface area contributed by atoms with Crippen LogP contribution < -0.4 is 28.4 Å². The third-order valence-corrected chi connectivity index (χ3v) is 15.4. The Kier molecular flexibility index (Phi) is 15.7. The van der Waals surface area contributed by atoms with Crippen LogP contribution in [0.1, 0.15) is 71.9 Å². The van der Waals surface area contributed by atoms with E-state index in [0.29, 0.717) is 19.8 Å². The molecule has 0 bridgehead atoms. The highest BCUT2D eigenvalue weighted by Crippen LogP contribution is 2.49. The molecule has 1 saturated carbocycles. The van der Waals surface area contributed by atoms with Gasteiger partial charge in [0.25, 0.3) is 0 Å². The van der Waals surface area contributed by atoms with Crippen molar-refractivity contribution in [1.82, 2.24) is 0 Å². The molecule has 6 aromatic carbocycles. The molecule has 12 atom stereocenters. The SMILES string of the molecule is Cc1ccc(OC[C@H]2O[C@H](C3CCC([C@@H]4C[C@H](Oc5ccc(C)cc5)[C@@H](COc5ccc(C)cc5)O4)C([C@@H]4C[C@H](Oc5ccc(C)cc5)[C@@H](COc5ccc(C)cc5)O4)C3)C[C@@H]2Oc2ccc(C)cc2)cc1. The summed E-state index contributed by atoms with van der Waals surface area (Å²) in [5.41, 5.74) is 7.14. The second-order valence-electron chi connectivity index (χ2n) is 21.0. The molecule has 9 nitrogen and oxygen atoms in total. The molecular weight excluding hydrogens is 901 g/mol. The van der Waals surface area contributed by atoms with Crippen molar-refractivity contribution in [2.45, 2.75) is 135 Å². The monoisotopic (exact) mass is 973 g/mol. The normalized spacial score (nSPS) is 28.1. The van der Waals surface area contributed by atoms with Gasteiger partial charge in [0, 0.05) is 19.3 Å². The van der Waals surface area contributed by atoms with Crippen molar-refractivity contribution in [2.75, 3.05) is 19.8 Å². The van der Waals surface area contributed by atoms with Gasteiger partial charge in [-0.25, -0.2) is 0 Å². The number of rotatable bonds is 18. The van der Waals surface area contributed by atoms with Gasteiger partial charge in [0.2, 0.25) is 0 Å². The molecular formula is C63H72O9. The Labute approximate surface area is 427 Å². The lowest BCUT2D eigenvalue weighted by Crippen LogP contribution is -2.43. The van der Waals surface area contributed by atoms with Crippen LogP contribution in [-0.2, 0) is 14.2 Å². The van der Waals surface area contributed by atoms with Crippen molar-refractivity contribution in [3.05, 3.63) is 179 Å². The van der Waals surface area contributed by atoms with Crippen molar-refractivity contribution in [2.24, 2.45) is 17.8 Å². The van der Waals surface area contributed by atoms with Gasteiger partial charge in [-0.3, -0.25) is 0 Å². The second-order valence-corrected chi connectivity index (χ2v) is 21.0. The molecule has 0 spiro atoms. The summed E-state index contributed by atoms with van der Waals surface area (Å²) in [7, 11) is 0. The van der Waals surface area contributed by atoms with E-state index in [9.17, 15) is 0 Å². The van der Waals surface area contributed by atoms with Crippen LogP contribution in [0, 0.1) is 59.3 Å². The lowest BCUT2D eigenvalue weighted by Gasteiger charge is -2.43. The first-order chi connectivity index (χ1) is 35.0. The Morgan fingerprint density at radius 1 is 0.319 bits per heavy atom. The zero-order valence-corrected chi connectivity index (χ0v) is 42.8. The van der Waals surface area contributed by atoms with Gasteiger partial charge in [-0.1, -0.05) is 106 Å². The minimum atomic E-state index is -0.297. The summed E-state index contributed by atoms with van der Waals surface area (Å²) < 4.78 is 61.6. The molecule has 72 heavy (non-hydrogen) atoms. The largest absolute Gasteiger partial charge is 0.491 e. The Balaban J connectivity index is 0.930. The highest BCUT2D eigenvalue weighted by molar-refractivity contribution is 5.31. The van der Waals surface area contributed by atoms with Crippen molar-refractivity contribution < 1.29 is 42.6 Å². The predicted molar refractivity (Wildman–Crippen MR) is 281 cm³/mol. The van der Waals surface area contributed by atoms with E-state index in [1.165, 1.54) is 33.4 Å². The number of aryl methyl sites for hydroxylation is 6. The molecule has 1 aliphatic carbocycles. The average molecular weight is 973 g/mol. The molecule has 9 heteroatoms. The molecule has 3 saturated heterocycles. The Hall–Kier alpha value is -6.00. The zero-order valence-electron chi connectivity index (χ0n) is 42.8. The Morgan fingerprint density at radius 3 is 0.931 bits per heavy atom. The van der Waals surface area contributed by atoms with Crippen LogP contribution in [0.15, 0.2) is 146 Å². The van der Waals surface area contributed by atoms with Crippen LogP contribution in [0.5, 0.6) is 34.5 Å². The third-order valence-electron chi connectivity index (χ3n) is 15.4. The summed E-state index contributed by atoms with van der Waals surface area (Å²) >= 11 is 0. The van der Waals surface area contributed by atoms with Gasteiger partial charge in [0.15, 0.2) is 0 Å². The number of hydrogen-bond acceptors (Lipinski definition) is 9. The second kappa shape index (κ2) is 22.8. The molecule has 0 N–H and O–H groups in total. The summed E-state index contributed by atoms with van der Waals surface area (Å²) in [4.78, 5) is 0. The van der Waals surface area contributed by atoms with Gasteiger partial charge < -0.3 is 42.6 Å². The van der Waals surface area contributed by atoms with Crippen LogP contribution >= 0.6 is 0 Å². The lowest BCUT2D eigenvalue weighted by molar-refractivity contribution is -0.104. The summed E-state index contributed by atoms with van der Waals surface area (Å²) in [6, 6.07) is 49.6. The van der Waals surface area contributed by atoms with Crippen molar-refractivity contribution >= 4 is 0 Å². The molecule has 378 valence electrons. The van der Waals surface area contributed by atoms with E-state index in [4.69, 9.17) is 42.6 Å². The minimum absolute atomic E-state index is 0.0324. The number of hydrogen-bond donors (Lipinski definition) is 0. The summed E-state index contributed by atoms with van der Waals surface area (Å²) in [5, 5.41) is 0. The quantitative estimate of drug-likeness (QED) is 0.0836. The van der Waals surface area contributed by atoms with Crippen LogP contribution in [0.25, 0.3) is 0 Å². The fraction of sp³-hybridized carbons (Fsp3) is 0.429. The van der Waals surface area contributed by atoms with E-state index >= 15 is 0 Å². The first-order valence-electron chi connectivity index (χ1n) is 26.3. The summed E-state index contributed by atoms with van der Waals surface area (Å²) in [6.07, 6.45) is 3.40. The fourth-order valence-corrected chi connectivity index (χ4v) is 11.2. The van der Waals surface area contributed by atoms with Crippen LogP contribution in [0.4, 0.5) is 0 Å². The molecule has 0 aromatic heterocycles. The molecule has 4 fully saturated rings. The van der Waals surface area contributed by atoms with E-state index in [1.54, 1.807) is 0 Å². The third kappa shape index (κ3) is 12.6. The van der Waals surface area contributed by atoms with Gasteiger partial charge in [0.05, 0.1) is 18.3 Å². The number of benzene rings is 6. The minimum Gasteiger partial charge on any atom is -0.491 e. The molecule has 4 aliphatic rings. The maximum Gasteiger partial charge on any atom is 0.131 e. The molecule has 0 amide bonds. The van der Waals surface area contributed by atoms with E-state index in [2.05, 4.69) is 151 Å². The summed E-state index contributed by atoms with van der Waals surface area (Å²) in [6.45, 7) is 13.7. The molecule has 3 heterocycles. The van der Waals surface area contributed by atoms with Crippen LogP contribution in [-0.4, -0.2) is 74.8 Å². The van der Waals surface area contributed by atoms with Gasteiger partial charge in [0.1, 0.15) is 90.9 Å². The highest BCUT2D eigenvalue weighted by Gasteiger charge is 2.53. The molecule has 0 radical (unpaired) electrons. The fourth-order valence-electron chi connectivity index (χ4n) is 11.2. The number of ether oxygens (including phenoxy) is 9. The molecule has 3 aliphatic heterocycles. The van der Waals surface area contributed by atoms with Crippen molar-refractivity contribution in [1.29, 1.82) is 0 Å². The average Bonchev–Trinajstić information content (AvgIpc) is 4.12. The van der Waals surface area contributed by atoms with E-state index in [0.717, 1.165) is 73.0 Å². The predicted octanol–water partition coefficient (Wildman–Crippen LogP) is 12.9. The highest BCUT2D eigenvalue weighted by atomic mass is 16.6. The maximum atomic E-state index is 7.31. The van der Waals surface area contributed by atoms with Gasteiger partial charge in [-0.15, -0.1) is 0 Å². The smallest absolute Gasteiger partial charge is 0.131 e. The Bertz CT molecular complexity index is 2620. The molecule has 6 aromatic rings. The summed E-state index contributed by atoms with van der Waals surface area (Å²) in [5.74, 6) is 5.54. The van der Waals surface area contributed by atoms with E-state index in [-0.39, 0.29) is 72.7 Å². The maximum absolute atomic E-state index is 7.31. The first kappa shape index (κ1) is 49.6. The topological polar surface area (TPSA) is 83.1 Å². The molecule has 10 rings (SSSR count). The van der Waals surface area contributed by atoms with E-state index < -0.39 is 0 Å². The first-order valence-corrected chi connectivity index (χ1v) is 26.3. The zero-order chi connectivity index (χ0) is 49.6. The Morgan fingerprint density at radius 2 is 0.597 bits per heavy atom.